The van der Waals surface area contributed by atoms with Gasteiger partial charge in [0, 0.05) is 9.86 Å². The Balaban J connectivity index is 1.89. The van der Waals surface area contributed by atoms with E-state index in [1.54, 1.807) is 12.1 Å². The van der Waals surface area contributed by atoms with Gasteiger partial charge >= 0.3 is 0 Å². The first-order valence-electron chi connectivity index (χ1n) is 6.72. The van der Waals surface area contributed by atoms with E-state index < -0.39 is 0 Å². The Morgan fingerprint density at radius 1 is 1.19 bits per heavy atom. The first-order chi connectivity index (χ1) is 10.0. The van der Waals surface area contributed by atoms with Gasteiger partial charge in [-0.3, -0.25) is 0 Å². The minimum absolute atomic E-state index is 0.249. The van der Waals surface area contributed by atoms with E-state index in [0.29, 0.717) is 17.7 Å². The zero-order valence-corrected chi connectivity index (χ0v) is 13.2. The maximum Gasteiger partial charge on any atom is 0.134 e. The minimum Gasteiger partial charge on any atom is -0.459 e. The lowest BCUT2D eigenvalue weighted by atomic mass is 10.0. The lowest BCUT2D eigenvalue weighted by molar-refractivity contribution is 0.487. The zero-order chi connectivity index (χ0) is 15.0. The molecule has 0 fully saturated rings. The van der Waals surface area contributed by atoms with Crippen molar-refractivity contribution in [2.24, 2.45) is 5.73 Å². The van der Waals surface area contributed by atoms with Crippen LogP contribution in [-0.2, 0) is 6.42 Å². The summed E-state index contributed by atoms with van der Waals surface area (Å²) < 4.78 is 20.4. The molecule has 0 saturated heterocycles. The highest BCUT2D eigenvalue weighted by atomic mass is 79.9. The molecule has 108 valence electrons. The fraction of sp³-hybridized carbons (Fsp3) is 0.176. The van der Waals surface area contributed by atoms with E-state index in [1.165, 1.54) is 11.6 Å². The van der Waals surface area contributed by atoms with Crippen LogP contribution in [0.25, 0.3) is 11.0 Å². The molecule has 3 rings (SSSR count). The Hall–Kier alpha value is -1.65. The third kappa shape index (κ3) is 3.01. The fourth-order valence-electron chi connectivity index (χ4n) is 2.40. The Kier molecular flexibility index (Phi) is 3.83. The van der Waals surface area contributed by atoms with Crippen LogP contribution >= 0.6 is 15.9 Å². The second kappa shape index (κ2) is 5.62. The van der Waals surface area contributed by atoms with Gasteiger partial charge in [0.15, 0.2) is 0 Å². The summed E-state index contributed by atoms with van der Waals surface area (Å²) in [5, 5.41) is 1.02. The summed E-state index contributed by atoms with van der Waals surface area (Å²) in [6.07, 6.45) is 0.393. The number of halogens is 2. The van der Waals surface area contributed by atoms with Crippen LogP contribution in [0, 0.1) is 12.7 Å². The molecule has 4 heteroatoms. The second-order valence-electron chi connectivity index (χ2n) is 5.24. The Labute approximate surface area is 130 Å². The van der Waals surface area contributed by atoms with E-state index in [0.717, 1.165) is 15.4 Å². The van der Waals surface area contributed by atoms with Gasteiger partial charge in [0.05, 0.1) is 6.04 Å². The van der Waals surface area contributed by atoms with E-state index in [2.05, 4.69) is 22.0 Å². The van der Waals surface area contributed by atoms with Gasteiger partial charge in [-0.05, 0) is 55.3 Å². The van der Waals surface area contributed by atoms with Crippen LogP contribution in [0.1, 0.15) is 22.9 Å². The maximum absolute atomic E-state index is 13.8. The van der Waals surface area contributed by atoms with Gasteiger partial charge in [-0.1, -0.05) is 27.6 Å². The molecule has 1 unspecified atom stereocenters. The zero-order valence-electron chi connectivity index (χ0n) is 11.6. The molecule has 0 amide bonds. The maximum atomic E-state index is 13.8. The van der Waals surface area contributed by atoms with Gasteiger partial charge in [-0.2, -0.15) is 0 Å². The highest BCUT2D eigenvalue weighted by molar-refractivity contribution is 9.10. The Bertz CT molecular complexity index is 797. The highest BCUT2D eigenvalue weighted by Crippen LogP contribution is 2.27. The van der Waals surface area contributed by atoms with Crippen molar-refractivity contribution in [3.05, 3.63) is 69.6 Å². The largest absolute Gasteiger partial charge is 0.459 e. The number of hydrogen-bond donors (Lipinski definition) is 1. The Morgan fingerprint density at radius 2 is 2.00 bits per heavy atom. The average Bonchev–Trinajstić information content (AvgIpc) is 2.86. The van der Waals surface area contributed by atoms with E-state index in [9.17, 15) is 4.39 Å². The summed E-state index contributed by atoms with van der Waals surface area (Å²) in [6.45, 7) is 2.03. The summed E-state index contributed by atoms with van der Waals surface area (Å²) >= 11 is 3.35. The van der Waals surface area contributed by atoms with Crippen LogP contribution in [0.15, 0.2) is 51.4 Å². The fourth-order valence-corrected chi connectivity index (χ4v) is 2.81. The number of furan rings is 1. The first kappa shape index (κ1) is 14.3. The molecule has 0 bridgehead atoms. The number of rotatable bonds is 3. The van der Waals surface area contributed by atoms with Crippen molar-refractivity contribution in [1.29, 1.82) is 0 Å². The van der Waals surface area contributed by atoms with Crippen molar-refractivity contribution in [1.82, 2.24) is 0 Å². The SMILES string of the molecule is Cc1ccc2oc(C(N)Cc3cc(Br)ccc3F)cc2c1. The quantitative estimate of drug-likeness (QED) is 0.732. The number of fused-ring (bicyclic) bond motifs is 1. The molecule has 0 radical (unpaired) electrons. The van der Waals surface area contributed by atoms with Gasteiger partial charge in [0.2, 0.25) is 0 Å². The molecule has 0 aliphatic carbocycles. The first-order valence-corrected chi connectivity index (χ1v) is 7.52. The lowest BCUT2D eigenvalue weighted by Crippen LogP contribution is -2.13. The van der Waals surface area contributed by atoms with Crippen molar-refractivity contribution < 1.29 is 8.81 Å². The predicted molar refractivity (Wildman–Crippen MR) is 85.7 cm³/mol. The standard InChI is InChI=1S/C17H15BrFNO/c1-10-2-5-16-12(6-10)9-17(21-16)15(20)8-11-7-13(18)3-4-14(11)19/h2-7,9,15H,8,20H2,1H3. The molecule has 3 aromatic rings. The van der Waals surface area contributed by atoms with Gasteiger partial charge in [-0.15, -0.1) is 0 Å². The van der Waals surface area contributed by atoms with Crippen LogP contribution in [0.3, 0.4) is 0 Å². The summed E-state index contributed by atoms with van der Waals surface area (Å²) in [6, 6.07) is 12.4. The van der Waals surface area contributed by atoms with Crippen molar-refractivity contribution >= 4 is 26.9 Å². The van der Waals surface area contributed by atoms with Crippen LogP contribution < -0.4 is 5.73 Å². The lowest BCUT2D eigenvalue weighted by Gasteiger charge is -2.10. The molecule has 2 N–H and O–H groups in total. The normalized spacial score (nSPS) is 12.8. The van der Waals surface area contributed by atoms with Crippen molar-refractivity contribution in [3.8, 4) is 0 Å². The number of hydrogen-bond acceptors (Lipinski definition) is 2. The molecule has 0 aliphatic heterocycles. The number of nitrogens with two attached hydrogens (primary N) is 1. The summed E-state index contributed by atoms with van der Waals surface area (Å²) in [5.41, 5.74) is 8.72. The highest BCUT2D eigenvalue weighted by Gasteiger charge is 2.15. The van der Waals surface area contributed by atoms with E-state index in [4.69, 9.17) is 10.2 Å². The Morgan fingerprint density at radius 3 is 2.81 bits per heavy atom. The number of benzene rings is 2. The molecule has 0 aliphatic rings. The summed E-state index contributed by atoms with van der Waals surface area (Å²) in [7, 11) is 0. The molecular formula is C17H15BrFNO. The number of aryl methyl sites for hydroxylation is 1. The molecule has 1 aromatic heterocycles. The van der Waals surface area contributed by atoms with E-state index in [1.807, 2.05) is 25.1 Å². The van der Waals surface area contributed by atoms with Gasteiger partial charge < -0.3 is 10.2 Å². The second-order valence-corrected chi connectivity index (χ2v) is 6.15. The van der Waals surface area contributed by atoms with Gasteiger partial charge in [0.25, 0.3) is 0 Å². The van der Waals surface area contributed by atoms with Crippen LogP contribution in [-0.4, -0.2) is 0 Å². The van der Waals surface area contributed by atoms with E-state index in [-0.39, 0.29) is 11.9 Å². The third-order valence-electron chi connectivity index (χ3n) is 3.50. The topological polar surface area (TPSA) is 39.2 Å². The predicted octanol–water partition coefficient (Wildman–Crippen LogP) is 4.89. The summed E-state index contributed by atoms with van der Waals surface area (Å²) in [5.74, 6) is 0.426. The molecule has 2 aromatic carbocycles. The van der Waals surface area contributed by atoms with Gasteiger partial charge in [-0.25, -0.2) is 4.39 Å². The molecule has 1 atom stereocenters. The van der Waals surface area contributed by atoms with Crippen molar-refractivity contribution in [2.75, 3.05) is 0 Å². The third-order valence-corrected chi connectivity index (χ3v) is 4.00. The minimum atomic E-state index is -0.374. The molecule has 0 spiro atoms. The summed E-state index contributed by atoms with van der Waals surface area (Å²) in [4.78, 5) is 0. The van der Waals surface area contributed by atoms with E-state index >= 15 is 0 Å². The smallest absolute Gasteiger partial charge is 0.134 e. The molecule has 21 heavy (non-hydrogen) atoms. The molecule has 0 saturated carbocycles. The van der Waals surface area contributed by atoms with Crippen LogP contribution in [0.2, 0.25) is 0 Å². The molecule has 2 nitrogen and oxygen atoms in total. The van der Waals surface area contributed by atoms with Crippen molar-refractivity contribution in [2.45, 2.75) is 19.4 Å². The molecule has 1 heterocycles. The monoisotopic (exact) mass is 347 g/mol. The average molecular weight is 348 g/mol. The van der Waals surface area contributed by atoms with Crippen LogP contribution in [0.4, 0.5) is 4.39 Å². The van der Waals surface area contributed by atoms with Gasteiger partial charge in [0.1, 0.15) is 17.2 Å². The molecular weight excluding hydrogens is 333 g/mol. The van der Waals surface area contributed by atoms with Crippen LogP contribution in [0.5, 0.6) is 0 Å². The van der Waals surface area contributed by atoms with Crippen molar-refractivity contribution in [3.63, 3.8) is 0 Å².